The molecule has 2 amide bonds. The SMILES string of the molecule is CCC(CC)C(=O)N1CCC[C@@]2(C(=O)N3CCOCC3)CN(c3ncccn3)C[C@H]2C1. The molecule has 0 saturated carbocycles. The van der Waals surface area contributed by atoms with Crippen molar-refractivity contribution in [3.8, 4) is 0 Å². The second-order valence-electron chi connectivity index (χ2n) is 9.09. The van der Waals surface area contributed by atoms with E-state index < -0.39 is 5.41 Å². The van der Waals surface area contributed by atoms with E-state index in [1.54, 1.807) is 12.4 Å². The number of hydrogen-bond acceptors (Lipinski definition) is 6. The van der Waals surface area contributed by atoms with E-state index in [2.05, 4.69) is 28.7 Å². The lowest BCUT2D eigenvalue weighted by atomic mass is 9.73. The zero-order chi connectivity index (χ0) is 21.8. The molecule has 4 rings (SSSR count). The van der Waals surface area contributed by atoms with E-state index in [0.717, 1.165) is 32.2 Å². The van der Waals surface area contributed by atoms with Crippen LogP contribution in [0.25, 0.3) is 0 Å². The maximum Gasteiger partial charge on any atom is 0.231 e. The van der Waals surface area contributed by atoms with Crippen LogP contribution >= 0.6 is 0 Å². The number of morpholine rings is 1. The fourth-order valence-electron chi connectivity index (χ4n) is 5.57. The van der Waals surface area contributed by atoms with Crippen molar-refractivity contribution in [2.45, 2.75) is 39.5 Å². The van der Waals surface area contributed by atoms with Crippen molar-refractivity contribution in [2.75, 3.05) is 57.4 Å². The maximum absolute atomic E-state index is 13.9. The summed E-state index contributed by atoms with van der Waals surface area (Å²) in [5.74, 6) is 1.28. The number of anilines is 1. The first kappa shape index (κ1) is 22.0. The Morgan fingerprint density at radius 1 is 1.10 bits per heavy atom. The Labute approximate surface area is 185 Å². The van der Waals surface area contributed by atoms with E-state index in [9.17, 15) is 9.59 Å². The molecule has 170 valence electrons. The minimum Gasteiger partial charge on any atom is -0.378 e. The molecule has 4 heterocycles. The van der Waals surface area contributed by atoms with Gasteiger partial charge in [0.05, 0.1) is 18.6 Å². The molecule has 0 radical (unpaired) electrons. The van der Waals surface area contributed by atoms with Crippen LogP contribution in [0, 0.1) is 17.3 Å². The molecule has 2 atom stereocenters. The highest BCUT2D eigenvalue weighted by atomic mass is 16.5. The standard InChI is InChI=1S/C23H35N5O3/c1-3-18(4-2)20(29)27-10-5-7-23(21(30)26-11-13-31-14-12-26)17-28(16-19(23)15-27)22-24-8-6-9-25-22/h6,8-9,18-19H,3-5,7,10-17H2,1-2H3/t19-,23-/m1/s1. The number of aromatic nitrogens is 2. The summed E-state index contributed by atoms with van der Waals surface area (Å²) in [6, 6.07) is 1.81. The molecule has 3 aliphatic rings. The van der Waals surface area contributed by atoms with Crippen LogP contribution in [0.4, 0.5) is 5.95 Å². The first-order chi connectivity index (χ1) is 15.1. The first-order valence-corrected chi connectivity index (χ1v) is 11.8. The molecule has 1 aromatic rings. The molecule has 0 aliphatic carbocycles. The molecule has 8 heteroatoms. The number of carbonyl (C=O) groups is 2. The lowest BCUT2D eigenvalue weighted by Gasteiger charge is -2.39. The van der Waals surface area contributed by atoms with Gasteiger partial charge < -0.3 is 19.4 Å². The Hall–Kier alpha value is -2.22. The van der Waals surface area contributed by atoms with E-state index in [1.165, 1.54) is 0 Å². The highest BCUT2D eigenvalue weighted by molar-refractivity contribution is 5.85. The van der Waals surface area contributed by atoms with Gasteiger partial charge in [0, 0.05) is 63.5 Å². The molecule has 0 unspecified atom stereocenters. The normalized spacial score (nSPS) is 26.7. The van der Waals surface area contributed by atoms with Gasteiger partial charge in [0.25, 0.3) is 0 Å². The Kier molecular flexibility index (Phi) is 6.74. The molecular weight excluding hydrogens is 394 g/mol. The fraction of sp³-hybridized carbons (Fsp3) is 0.739. The number of nitrogens with zero attached hydrogens (tertiary/aromatic N) is 5. The van der Waals surface area contributed by atoms with Gasteiger partial charge >= 0.3 is 0 Å². The highest BCUT2D eigenvalue weighted by Gasteiger charge is 2.55. The van der Waals surface area contributed by atoms with E-state index in [-0.39, 0.29) is 23.7 Å². The first-order valence-electron chi connectivity index (χ1n) is 11.8. The summed E-state index contributed by atoms with van der Waals surface area (Å²) in [4.78, 5) is 42.2. The van der Waals surface area contributed by atoms with Crippen LogP contribution < -0.4 is 4.90 Å². The molecule has 3 aliphatic heterocycles. The van der Waals surface area contributed by atoms with Crippen LogP contribution in [0.3, 0.4) is 0 Å². The van der Waals surface area contributed by atoms with Crippen molar-refractivity contribution in [1.82, 2.24) is 19.8 Å². The minimum absolute atomic E-state index is 0.0670. The van der Waals surface area contributed by atoms with Crippen LogP contribution in [-0.4, -0.2) is 84.1 Å². The lowest BCUT2D eigenvalue weighted by Crippen LogP contribution is -2.53. The summed E-state index contributed by atoms with van der Waals surface area (Å²) in [5.41, 5.74) is -0.500. The smallest absolute Gasteiger partial charge is 0.231 e. The van der Waals surface area contributed by atoms with E-state index in [1.807, 2.05) is 15.9 Å². The van der Waals surface area contributed by atoms with Crippen LogP contribution in [0.1, 0.15) is 39.5 Å². The Bertz CT molecular complexity index is 766. The van der Waals surface area contributed by atoms with Crippen molar-refractivity contribution in [3.05, 3.63) is 18.5 Å². The van der Waals surface area contributed by atoms with Crippen LogP contribution in [0.5, 0.6) is 0 Å². The Balaban J connectivity index is 1.62. The molecule has 3 saturated heterocycles. The van der Waals surface area contributed by atoms with Gasteiger partial charge in [-0.05, 0) is 31.7 Å². The number of rotatable bonds is 5. The van der Waals surface area contributed by atoms with E-state index in [0.29, 0.717) is 51.9 Å². The maximum atomic E-state index is 13.9. The second kappa shape index (κ2) is 9.51. The van der Waals surface area contributed by atoms with Gasteiger partial charge in [-0.25, -0.2) is 9.97 Å². The number of ether oxygens (including phenoxy) is 1. The molecule has 0 bridgehead atoms. The van der Waals surface area contributed by atoms with E-state index >= 15 is 0 Å². The predicted molar refractivity (Wildman–Crippen MR) is 117 cm³/mol. The van der Waals surface area contributed by atoms with Gasteiger partial charge in [-0.2, -0.15) is 0 Å². The number of hydrogen-bond donors (Lipinski definition) is 0. The number of amides is 2. The molecular formula is C23H35N5O3. The summed E-state index contributed by atoms with van der Waals surface area (Å²) < 4.78 is 5.48. The van der Waals surface area contributed by atoms with Crippen molar-refractivity contribution in [3.63, 3.8) is 0 Å². The summed E-state index contributed by atoms with van der Waals surface area (Å²) in [7, 11) is 0. The van der Waals surface area contributed by atoms with E-state index in [4.69, 9.17) is 4.74 Å². The molecule has 3 fully saturated rings. The van der Waals surface area contributed by atoms with Gasteiger partial charge in [-0.1, -0.05) is 13.8 Å². The van der Waals surface area contributed by atoms with Crippen molar-refractivity contribution < 1.29 is 14.3 Å². The fourth-order valence-corrected chi connectivity index (χ4v) is 5.57. The van der Waals surface area contributed by atoms with Gasteiger partial charge in [-0.15, -0.1) is 0 Å². The third-order valence-corrected chi connectivity index (χ3v) is 7.39. The van der Waals surface area contributed by atoms with Gasteiger partial charge in [0.2, 0.25) is 17.8 Å². The molecule has 31 heavy (non-hydrogen) atoms. The summed E-state index contributed by atoms with van der Waals surface area (Å²) in [6.07, 6.45) is 6.86. The van der Waals surface area contributed by atoms with Crippen molar-refractivity contribution in [2.24, 2.45) is 17.3 Å². The van der Waals surface area contributed by atoms with Gasteiger partial charge in [-0.3, -0.25) is 9.59 Å². The zero-order valence-electron chi connectivity index (χ0n) is 18.8. The van der Waals surface area contributed by atoms with Crippen LogP contribution in [-0.2, 0) is 14.3 Å². The predicted octanol–water partition coefficient (Wildman–Crippen LogP) is 1.82. The largest absolute Gasteiger partial charge is 0.378 e. The van der Waals surface area contributed by atoms with Crippen LogP contribution in [0.15, 0.2) is 18.5 Å². The van der Waals surface area contributed by atoms with Crippen molar-refractivity contribution >= 4 is 17.8 Å². The topological polar surface area (TPSA) is 78.9 Å². The third kappa shape index (κ3) is 4.27. The summed E-state index contributed by atoms with van der Waals surface area (Å²) in [6.45, 7) is 9.34. The average Bonchev–Trinajstić information content (AvgIpc) is 3.09. The second-order valence-corrected chi connectivity index (χ2v) is 9.09. The molecule has 8 nitrogen and oxygen atoms in total. The number of carbonyl (C=O) groups excluding carboxylic acids is 2. The molecule has 0 aromatic carbocycles. The van der Waals surface area contributed by atoms with Crippen LogP contribution in [0.2, 0.25) is 0 Å². The Morgan fingerprint density at radius 2 is 1.81 bits per heavy atom. The van der Waals surface area contributed by atoms with Gasteiger partial charge in [0.1, 0.15) is 0 Å². The quantitative estimate of drug-likeness (QED) is 0.710. The molecule has 0 spiro atoms. The van der Waals surface area contributed by atoms with Gasteiger partial charge in [0.15, 0.2) is 0 Å². The lowest BCUT2D eigenvalue weighted by molar-refractivity contribution is -0.148. The molecule has 0 N–H and O–H groups in total. The third-order valence-electron chi connectivity index (χ3n) is 7.39. The zero-order valence-corrected chi connectivity index (χ0v) is 18.8. The minimum atomic E-state index is -0.500. The average molecular weight is 430 g/mol. The Morgan fingerprint density at radius 3 is 2.48 bits per heavy atom. The molecule has 1 aromatic heterocycles. The summed E-state index contributed by atoms with van der Waals surface area (Å²) in [5, 5.41) is 0. The number of likely N-dealkylation sites (tertiary alicyclic amines) is 1. The van der Waals surface area contributed by atoms with Crippen molar-refractivity contribution in [1.29, 1.82) is 0 Å². The highest BCUT2D eigenvalue weighted by Crippen LogP contribution is 2.45. The summed E-state index contributed by atoms with van der Waals surface area (Å²) >= 11 is 0. The number of fused-ring (bicyclic) bond motifs is 1. The monoisotopic (exact) mass is 429 g/mol.